The maximum absolute atomic E-state index is 4.94. The average Bonchev–Trinajstić information content (AvgIpc) is 0.811. The van der Waals surface area contributed by atoms with Crippen LogP contribution in [0.15, 0.2) is 0 Å². The molecular formula is C2H7BClN. The first kappa shape index (κ1) is 9.01. The normalized spacial score (nSPS) is 7.00. The van der Waals surface area contributed by atoms with Crippen molar-refractivity contribution >= 4 is 20.4 Å². The van der Waals surface area contributed by atoms with Gasteiger partial charge in [0, 0.05) is 0 Å². The van der Waals surface area contributed by atoms with E-state index in [1.807, 2.05) is 0 Å². The van der Waals surface area contributed by atoms with Crippen molar-refractivity contribution in [1.82, 2.24) is 4.81 Å². The van der Waals surface area contributed by atoms with Crippen molar-refractivity contribution in [3.8, 4) is 0 Å². The molecule has 0 aromatic rings. The van der Waals surface area contributed by atoms with Crippen LogP contribution in [0.5, 0.6) is 0 Å². The molecule has 0 atom stereocenters. The lowest BCUT2D eigenvalue weighted by Crippen LogP contribution is -2.02. The molecule has 0 aliphatic heterocycles. The van der Waals surface area contributed by atoms with E-state index in [-0.39, 0.29) is 12.4 Å². The Kier molecular flexibility index (Phi) is 7.77. The molecule has 2 radical (unpaired) electrons. The summed E-state index contributed by atoms with van der Waals surface area (Å²) < 4.78 is 0. The van der Waals surface area contributed by atoms with E-state index in [9.17, 15) is 0 Å². The van der Waals surface area contributed by atoms with Crippen molar-refractivity contribution in [3.63, 3.8) is 0 Å². The van der Waals surface area contributed by atoms with E-state index in [0.29, 0.717) is 0 Å². The van der Waals surface area contributed by atoms with Gasteiger partial charge in [-0.2, -0.15) is 0 Å². The summed E-state index contributed by atoms with van der Waals surface area (Å²) in [6, 6.07) is 0. The number of hydrogen-bond acceptors (Lipinski definition) is 1. The molecule has 0 aromatic heterocycles. The molecule has 0 saturated heterocycles. The molecule has 30 valence electrons. The van der Waals surface area contributed by atoms with Crippen molar-refractivity contribution in [2.45, 2.75) is 0 Å². The lowest BCUT2D eigenvalue weighted by Gasteiger charge is -1.90. The standard InChI is InChI=1S/C2H6BN.ClH/c1-4(2)3;/h1-2H3;1H. The topological polar surface area (TPSA) is 3.24 Å². The van der Waals surface area contributed by atoms with Gasteiger partial charge in [0.15, 0.2) is 7.98 Å². The minimum Gasteiger partial charge on any atom is -0.359 e. The zero-order valence-corrected chi connectivity index (χ0v) is 4.25. The third-order valence-electron chi connectivity index (χ3n) is 0. The van der Waals surface area contributed by atoms with Crippen LogP contribution >= 0.6 is 12.4 Å². The Hall–Kier alpha value is 0.315. The molecule has 0 spiro atoms. The van der Waals surface area contributed by atoms with E-state index in [1.165, 1.54) is 4.81 Å². The van der Waals surface area contributed by atoms with Crippen LogP contribution in [0.2, 0.25) is 0 Å². The SMILES string of the molecule is Cl.[B]N(C)C. The third-order valence-corrected chi connectivity index (χ3v) is 0. The molecular weight excluding hydrogens is 84.3 g/mol. The van der Waals surface area contributed by atoms with Crippen LogP contribution in [0.1, 0.15) is 0 Å². The second-order valence-electron chi connectivity index (χ2n) is 0.964. The molecule has 0 fully saturated rings. The van der Waals surface area contributed by atoms with Crippen molar-refractivity contribution in [1.29, 1.82) is 0 Å². The highest BCUT2D eigenvalue weighted by molar-refractivity contribution is 6.03. The minimum absolute atomic E-state index is 0. The summed E-state index contributed by atoms with van der Waals surface area (Å²) in [4.78, 5) is 1.50. The fourth-order valence-corrected chi connectivity index (χ4v) is 0. The monoisotopic (exact) mass is 91.0 g/mol. The fraction of sp³-hybridized carbons (Fsp3) is 1.00. The van der Waals surface area contributed by atoms with Gasteiger partial charge in [-0.1, -0.05) is 0 Å². The second kappa shape index (κ2) is 4.31. The zero-order valence-electron chi connectivity index (χ0n) is 3.43. The minimum atomic E-state index is 0. The van der Waals surface area contributed by atoms with Crippen LogP contribution in [0.4, 0.5) is 0 Å². The lowest BCUT2D eigenvalue weighted by molar-refractivity contribution is 0.679. The van der Waals surface area contributed by atoms with E-state index < -0.39 is 0 Å². The van der Waals surface area contributed by atoms with Gasteiger partial charge in [-0.05, 0) is 14.1 Å². The summed E-state index contributed by atoms with van der Waals surface area (Å²) in [5.41, 5.74) is 0. The Labute approximate surface area is 40.2 Å². The van der Waals surface area contributed by atoms with Crippen LogP contribution in [-0.4, -0.2) is 26.9 Å². The van der Waals surface area contributed by atoms with E-state index in [0.717, 1.165) is 0 Å². The zero-order chi connectivity index (χ0) is 3.58. The quantitative estimate of drug-likeness (QED) is 0.381. The third kappa shape index (κ3) is 233. The maximum Gasteiger partial charge on any atom is 0.181 e. The maximum atomic E-state index is 4.94. The van der Waals surface area contributed by atoms with Gasteiger partial charge in [-0.3, -0.25) is 0 Å². The Balaban J connectivity index is 0. The largest absolute Gasteiger partial charge is 0.359 e. The fourth-order valence-electron chi connectivity index (χ4n) is 0. The highest BCUT2D eigenvalue weighted by Gasteiger charge is 1.59. The smallest absolute Gasteiger partial charge is 0.181 e. The highest BCUT2D eigenvalue weighted by atomic mass is 35.5. The first-order valence-corrected chi connectivity index (χ1v) is 1.15. The highest BCUT2D eigenvalue weighted by Crippen LogP contribution is 1.44. The summed E-state index contributed by atoms with van der Waals surface area (Å²) in [6.07, 6.45) is 0. The lowest BCUT2D eigenvalue weighted by atomic mass is 10.4. The molecule has 0 bridgehead atoms. The molecule has 0 rings (SSSR count). The van der Waals surface area contributed by atoms with Crippen LogP contribution in [0, 0.1) is 0 Å². The Morgan fingerprint density at radius 1 is 1.40 bits per heavy atom. The molecule has 0 heterocycles. The summed E-state index contributed by atoms with van der Waals surface area (Å²) >= 11 is 0. The average molecular weight is 91.3 g/mol. The molecule has 3 heteroatoms. The summed E-state index contributed by atoms with van der Waals surface area (Å²) in [7, 11) is 8.50. The Morgan fingerprint density at radius 2 is 1.40 bits per heavy atom. The predicted molar refractivity (Wildman–Crippen MR) is 26.7 cm³/mol. The number of hydrogen-bond donors (Lipinski definition) is 0. The Bertz CT molecular complexity index is 14.4. The van der Waals surface area contributed by atoms with Crippen molar-refractivity contribution in [2.24, 2.45) is 0 Å². The first-order chi connectivity index (χ1) is 1.73. The van der Waals surface area contributed by atoms with Crippen LogP contribution < -0.4 is 0 Å². The van der Waals surface area contributed by atoms with E-state index in [2.05, 4.69) is 0 Å². The van der Waals surface area contributed by atoms with Crippen molar-refractivity contribution in [2.75, 3.05) is 14.1 Å². The van der Waals surface area contributed by atoms with Crippen LogP contribution in [-0.2, 0) is 0 Å². The number of nitrogens with zero attached hydrogens (tertiary/aromatic N) is 1. The summed E-state index contributed by atoms with van der Waals surface area (Å²) in [5, 5.41) is 0. The molecule has 0 amide bonds. The number of rotatable bonds is 0. The second-order valence-corrected chi connectivity index (χ2v) is 0.964. The van der Waals surface area contributed by atoms with Gasteiger partial charge in [0.1, 0.15) is 0 Å². The van der Waals surface area contributed by atoms with Gasteiger partial charge in [0.05, 0.1) is 0 Å². The van der Waals surface area contributed by atoms with Crippen LogP contribution in [0.3, 0.4) is 0 Å². The van der Waals surface area contributed by atoms with Gasteiger partial charge in [0.2, 0.25) is 0 Å². The van der Waals surface area contributed by atoms with E-state index in [1.54, 1.807) is 14.1 Å². The van der Waals surface area contributed by atoms with Crippen molar-refractivity contribution < 1.29 is 0 Å². The van der Waals surface area contributed by atoms with Crippen molar-refractivity contribution in [3.05, 3.63) is 0 Å². The molecule has 1 nitrogen and oxygen atoms in total. The summed E-state index contributed by atoms with van der Waals surface area (Å²) in [5.74, 6) is 0. The molecule has 0 aliphatic carbocycles. The molecule has 5 heavy (non-hydrogen) atoms. The molecule has 0 N–H and O–H groups in total. The van der Waals surface area contributed by atoms with Gasteiger partial charge < -0.3 is 4.81 Å². The molecule has 0 aromatic carbocycles. The van der Waals surface area contributed by atoms with Gasteiger partial charge in [0.25, 0.3) is 0 Å². The summed E-state index contributed by atoms with van der Waals surface area (Å²) in [6.45, 7) is 0. The van der Waals surface area contributed by atoms with E-state index >= 15 is 0 Å². The molecule has 0 aliphatic rings. The Morgan fingerprint density at radius 3 is 1.40 bits per heavy atom. The molecule has 0 unspecified atom stereocenters. The predicted octanol–water partition coefficient (Wildman–Crippen LogP) is 0.0533. The van der Waals surface area contributed by atoms with Crippen LogP contribution in [0.25, 0.3) is 0 Å². The van der Waals surface area contributed by atoms with Gasteiger partial charge in [-0.15, -0.1) is 12.4 Å². The number of halogens is 1. The van der Waals surface area contributed by atoms with Gasteiger partial charge >= 0.3 is 0 Å². The van der Waals surface area contributed by atoms with Gasteiger partial charge in [-0.25, -0.2) is 0 Å². The first-order valence-electron chi connectivity index (χ1n) is 1.15. The van der Waals surface area contributed by atoms with E-state index in [4.69, 9.17) is 7.98 Å². The molecule has 0 saturated carbocycles.